The standard InChI is InChI=1S/C21H24O/c1-5-15(2)22-21(3,4)20-18-12-8-6-10-16(18)14-17-11-7-9-13-19(17)20/h6-15H,5H2,1-4H3. The summed E-state index contributed by atoms with van der Waals surface area (Å²) in [5.41, 5.74) is 0.970. The first-order valence-electron chi connectivity index (χ1n) is 8.11. The third-order valence-electron chi connectivity index (χ3n) is 4.44. The fourth-order valence-corrected chi connectivity index (χ4v) is 3.31. The molecule has 0 amide bonds. The number of rotatable bonds is 4. The minimum absolute atomic E-state index is 0.243. The largest absolute Gasteiger partial charge is 0.368 e. The molecule has 3 aromatic rings. The molecule has 0 fully saturated rings. The SMILES string of the molecule is CCC(C)OC(C)(C)c1c2ccccc2cc2ccccc12. The Balaban J connectivity index is 2.32. The Hall–Kier alpha value is -1.86. The molecule has 114 valence electrons. The average Bonchev–Trinajstić information content (AvgIpc) is 2.51. The molecule has 3 aromatic carbocycles. The molecule has 0 saturated carbocycles. The van der Waals surface area contributed by atoms with Gasteiger partial charge in [0.05, 0.1) is 11.7 Å². The Morgan fingerprint density at radius 3 is 1.91 bits per heavy atom. The van der Waals surface area contributed by atoms with Crippen LogP contribution in [0.4, 0.5) is 0 Å². The fourth-order valence-electron chi connectivity index (χ4n) is 3.31. The highest BCUT2D eigenvalue weighted by molar-refractivity contribution is 6.02. The third-order valence-corrected chi connectivity index (χ3v) is 4.44. The molecule has 1 heteroatoms. The van der Waals surface area contributed by atoms with E-state index in [1.165, 1.54) is 27.1 Å². The van der Waals surface area contributed by atoms with Crippen LogP contribution in [0.3, 0.4) is 0 Å². The molecule has 0 aromatic heterocycles. The Labute approximate surface area is 132 Å². The van der Waals surface area contributed by atoms with Crippen molar-refractivity contribution >= 4 is 21.5 Å². The average molecular weight is 292 g/mol. The highest BCUT2D eigenvalue weighted by Crippen LogP contribution is 2.38. The van der Waals surface area contributed by atoms with Gasteiger partial charge in [-0.2, -0.15) is 0 Å². The highest BCUT2D eigenvalue weighted by atomic mass is 16.5. The maximum Gasteiger partial charge on any atom is 0.0890 e. The van der Waals surface area contributed by atoms with Gasteiger partial charge in [-0.05, 0) is 60.4 Å². The summed E-state index contributed by atoms with van der Waals surface area (Å²) in [5.74, 6) is 0. The Kier molecular flexibility index (Phi) is 3.92. The van der Waals surface area contributed by atoms with E-state index in [0.29, 0.717) is 0 Å². The number of ether oxygens (including phenoxy) is 1. The van der Waals surface area contributed by atoms with Crippen LogP contribution in [0.15, 0.2) is 54.6 Å². The molecule has 3 rings (SSSR count). The molecule has 1 nitrogen and oxygen atoms in total. The number of hydrogen-bond acceptors (Lipinski definition) is 1. The van der Waals surface area contributed by atoms with Gasteiger partial charge in [-0.3, -0.25) is 0 Å². The van der Waals surface area contributed by atoms with Crippen molar-refractivity contribution in [1.82, 2.24) is 0 Å². The molecule has 0 spiro atoms. The second-order valence-corrected chi connectivity index (χ2v) is 6.54. The van der Waals surface area contributed by atoms with E-state index < -0.39 is 0 Å². The second-order valence-electron chi connectivity index (χ2n) is 6.54. The molecule has 0 aliphatic carbocycles. The Morgan fingerprint density at radius 1 is 0.909 bits per heavy atom. The lowest BCUT2D eigenvalue weighted by Gasteiger charge is -2.32. The zero-order valence-corrected chi connectivity index (χ0v) is 13.9. The lowest BCUT2D eigenvalue weighted by molar-refractivity contribution is -0.0673. The monoisotopic (exact) mass is 292 g/mol. The van der Waals surface area contributed by atoms with Crippen LogP contribution in [0.25, 0.3) is 21.5 Å². The zero-order valence-electron chi connectivity index (χ0n) is 13.9. The van der Waals surface area contributed by atoms with Crippen LogP contribution in [0, 0.1) is 0 Å². The minimum Gasteiger partial charge on any atom is -0.368 e. The van der Waals surface area contributed by atoms with Crippen LogP contribution in [-0.4, -0.2) is 6.10 Å². The summed E-state index contributed by atoms with van der Waals surface area (Å²) in [6.45, 7) is 8.69. The Morgan fingerprint density at radius 2 is 1.41 bits per heavy atom. The van der Waals surface area contributed by atoms with Gasteiger partial charge in [0.25, 0.3) is 0 Å². The van der Waals surface area contributed by atoms with Crippen molar-refractivity contribution in [1.29, 1.82) is 0 Å². The predicted molar refractivity (Wildman–Crippen MR) is 95.3 cm³/mol. The van der Waals surface area contributed by atoms with E-state index >= 15 is 0 Å². The first-order valence-corrected chi connectivity index (χ1v) is 8.11. The fraction of sp³-hybridized carbons (Fsp3) is 0.333. The number of hydrogen-bond donors (Lipinski definition) is 0. The highest BCUT2D eigenvalue weighted by Gasteiger charge is 2.27. The van der Waals surface area contributed by atoms with Crippen molar-refractivity contribution < 1.29 is 4.74 Å². The van der Waals surface area contributed by atoms with Crippen molar-refractivity contribution in [2.75, 3.05) is 0 Å². The van der Waals surface area contributed by atoms with E-state index in [-0.39, 0.29) is 11.7 Å². The van der Waals surface area contributed by atoms with Gasteiger partial charge in [0.2, 0.25) is 0 Å². The normalized spacial score (nSPS) is 13.6. The molecule has 22 heavy (non-hydrogen) atoms. The van der Waals surface area contributed by atoms with Crippen molar-refractivity contribution in [2.24, 2.45) is 0 Å². The van der Waals surface area contributed by atoms with Crippen molar-refractivity contribution in [3.05, 3.63) is 60.2 Å². The van der Waals surface area contributed by atoms with Crippen LogP contribution in [0.1, 0.15) is 39.7 Å². The summed E-state index contributed by atoms with van der Waals surface area (Å²) in [6.07, 6.45) is 1.26. The summed E-state index contributed by atoms with van der Waals surface area (Å²) in [4.78, 5) is 0. The van der Waals surface area contributed by atoms with E-state index in [9.17, 15) is 0 Å². The van der Waals surface area contributed by atoms with E-state index in [2.05, 4.69) is 82.3 Å². The second kappa shape index (κ2) is 5.73. The van der Waals surface area contributed by atoms with Crippen LogP contribution >= 0.6 is 0 Å². The molecule has 0 N–H and O–H groups in total. The molecule has 1 atom stereocenters. The van der Waals surface area contributed by atoms with Gasteiger partial charge >= 0.3 is 0 Å². The van der Waals surface area contributed by atoms with E-state index in [4.69, 9.17) is 4.74 Å². The van der Waals surface area contributed by atoms with Gasteiger partial charge in [0.1, 0.15) is 0 Å². The summed E-state index contributed by atoms with van der Waals surface area (Å²) in [6, 6.07) is 19.5. The lowest BCUT2D eigenvalue weighted by Crippen LogP contribution is -2.27. The molecule has 0 heterocycles. The van der Waals surface area contributed by atoms with Crippen LogP contribution < -0.4 is 0 Å². The molecule has 0 bridgehead atoms. The van der Waals surface area contributed by atoms with E-state index in [0.717, 1.165) is 6.42 Å². The molecular formula is C21H24O. The Bertz CT molecular complexity index is 747. The van der Waals surface area contributed by atoms with Gasteiger partial charge in [-0.1, -0.05) is 55.5 Å². The van der Waals surface area contributed by atoms with Gasteiger partial charge in [-0.25, -0.2) is 0 Å². The van der Waals surface area contributed by atoms with Gasteiger partial charge < -0.3 is 4.74 Å². The quantitative estimate of drug-likeness (QED) is 0.532. The van der Waals surface area contributed by atoms with Crippen molar-refractivity contribution in [2.45, 2.75) is 45.8 Å². The molecule has 1 unspecified atom stereocenters. The predicted octanol–water partition coefficient (Wildman–Crippen LogP) is 6.04. The molecular weight excluding hydrogens is 268 g/mol. The van der Waals surface area contributed by atoms with Crippen LogP contribution in [0.5, 0.6) is 0 Å². The summed E-state index contributed by atoms with van der Waals surface area (Å²) >= 11 is 0. The molecule has 0 aliphatic rings. The van der Waals surface area contributed by atoms with Crippen LogP contribution in [-0.2, 0) is 10.3 Å². The zero-order chi connectivity index (χ0) is 15.7. The smallest absolute Gasteiger partial charge is 0.0890 e. The van der Waals surface area contributed by atoms with Gasteiger partial charge in [0, 0.05) is 0 Å². The number of benzene rings is 3. The third kappa shape index (κ3) is 2.62. The topological polar surface area (TPSA) is 9.23 Å². The first kappa shape index (κ1) is 15.1. The van der Waals surface area contributed by atoms with Gasteiger partial charge in [0.15, 0.2) is 0 Å². The van der Waals surface area contributed by atoms with Crippen molar-refractivity contribution in [3.63, 3.8) is 0 Å². The first-order chi connectivity index (χ1) is 10.5. The maximum atomic E-state index is 6.39. The summed E-state index contributed by atoms with van der Waals surface area (Å²) in [5, 5.41) is 5.12. The van der Waals surface area contributed by atoms with E-state index in [1.54, 1.807) is 0 Å². The van der Waals surface area contributed by atoms with E-state index in [1.807, 2.05) is 0 Å². The summed E-state index contributed by atoms with van der Waals surface area (Å²) in [7, 11) is 0. The van der Waals surface area contributed by atoms with Crippen molar-refractivity contribution in [3.8, 4) is 0 Å². The number of fused-ring (bicyclic) bond motifs is 2. The molecule has 0 aliphatic heterocycles. The molecule has 0 saturated heterocycles. The molecule has 0 radical (unpaired) electrons. The van der Waals surface area contributed by atoms with Gasteiger partial charge in [-0.15, -0.1) is 0 Å². The summed E-state index contributed by atoms with van der Waals surface area (Å²) < 4.78 is 6.39. The van der Waals surface area contributed by atoms with Crippen LogP contribution in [0.2, 0.25) is 0 Å². The lowest BCUT2D eigenvalue weighted by atomic mass is 9.87. The maximum absolute atomic E-state index is 6.39. The minimum atomic E-state index is -0.324.